The minimum atomic E-state index is 0.0864. The van der Waals surface area contributed by atoms with Crippen molar-refractivity contribution in [1.82, 2.24) is 19.8 Å². The van der Waals surface area contributed by atoms with Crippen LogP contribution in [-0.4, -0.2) is 45.3 Å². The molecule has 3 heterocycles. The number of piperidine rings is 1. The summed E-state index contributed by atoms with van der Waals surface area (Å²) >= 11 is 1.60. The average molecular weight is 487 g/mol. The van der Waals surface area contributed by atoms with Crippen LogP contribution in [0.1, 0.15) is 52.0 Å². The van der Waals surface area contributed by atoms with Crippen molar-refractivity contribution in [3.05, 3.63) is 87.5 Å². The second-order valence-corrected chi connectivity index (χ2v) is 10.8. The molecule has 5 rings (SSSR count). The maximum Gasteiger partial charge on any atom is 0.273 e. The number of rotatable bonds is 8. The zero-order chi connectivity index (χ0) is 24.2. The molecule has 2 aromatic heterocycles. The predicted octanol–water partition coefficient (Wildman–Crippen LogP) is 6.05. The van der Waals surface area contributed by atoms with E-state index in [9.17, 15) is 4.79 Å². The maximum absolute atomic E-state index is 13.0. The highest BCUT2D eigenvalue weighted by Gasteiger charge is 2.23. The normalized spacial score (nSPS) is 14.8. The number of hydrogen-bond donors (Lipinski definition) is 1. The van der Waals surface area contributed by atoms with E-state index in [1.807, 2.05) is 10.3 Å². The van der Waals surface area contributed by atoms with Gasteiger partial charge in [0.1, 0.15) is 10.7 Å². The first-order chi connectivity index (χ1) is 17.0. The molecule has 1 aliphatic heterocycles. The fourth-order valence-electron chi connectivity index (χ4n) is 4.83. The number of hydrogen-bond acceptors (Lipinski definition) is 4. The van der Waals surface area contributed by atoms with Gasteiger partial charge in [0.25, 0.3) is 5.91 Å². The Morgan fingerprint density at radius 1 is 1.11 bits per heavy atom. The van der Waals surface area contributed by atoms with Gasteiger partial charge >= 0.3 is 0 Å². The molecule has 1 aliphatic rings. The van der Waals surface area contributed by atoms with Crippen molar-refractivity contribution >= 4 is 28.1 Å². The summed E-state index contributed by atoms with van der Waals surface area (Å²) < 4.78 is 0. The lowest BCUT2D eigenvalue weighted by Gasteiger charge is -2.29. The van der Waals surface area contributed by atoms with Gasteiger partial charge in [0.2, 0.25) is 0 Å². The van der Waals surface area contributed by atoms with Crippen molar-refractivity contribution in [3.8, 4) is 0 Å². The molecule has 0 radical (unpaired) electrons. The van der Waals surface area contributed by atoms with E-state index in [0.29, 0.717) is 11.6 Å². The lowest BCUT2D eigenvalue weighted by atomic mass is 9.99. The minimum Gasteiger partial charge on any atom is -0.361 e. The molecular weight excluding hydrogens is 452 g/mol. The van der Waals surface area contributed by atoms with E-state index >= 15 is 0 Å². The highest BCUT2D eigenvalue weighted by Crippen LogP contribution is 2.22. The van der Waals surface area contributed by atoms with Gasteiger partial charge in [-0.25, -0.2) is 4.98 Å². The van der Waals surface area contributed by atoms with Crippen LogP contribution in [0.25, 0.3) is 10.9 Å². The van der Waals surface area contributed by atoms with Crippen LogP contribution in [0.4, 0.5) is 0 Å². The van der Waals surface area contributed by atoms with Crippen molar-refractivity contribution in [1.29, 1.82) is 0 Å². The summed E-state index contributed by atoms with van der Waals surface area (Å²) in [5.74, 6) is 0.792. The molecule has 0 atom stereocenters. The number of benzene rings is 2. The average Bonchev–Trinajstić information content (AvgIpc) is 3.51. The predicted molar refractivity (Wildman–Crippen MR) is 144 cm³/mol. The van der Waals surface area contributed by atoms with E-state index in [2.05, 4.69) is 78.5 Å². The quantitative estimate of drug-likeness (QED) is 0.330. The second kappa shape index (κ2) is 10.8. The summed E-state index contributed by atoms with van der Waals surface area (Å²) in [4.78, 5) is 25.6. The van der Waals surface area contributed by atoms with Crippen LogP contribution in [0.3, 0.4) is 0 Å². The fraction of sp³-hybridized carbons (Fsp3) is 0.379. The molecule has 6 heteroatoms. The summed E-state index contributed by atoms with van der Waals surface area (Å²) in [6, 6.07) is 17.2. The Balaban J connectivity index is 1.29. The molecule has 1 fully saturated rings. The number of amides is 1. The molecule has 182 valence electrons. The number of aromatic nitrogens is 2. The van der Waals surface area contributed by atoms with Gasteiger partial charge in [0.05, 0.1) is 6.54 Å². The van der Waals surface area contributed by atoms with Crippen LogP contribution in [0.15, 0.2) is 60.1 Å². The number of carbonyl (C=O) groups excluding carboxylic acids is 1. The van der Waals surface area contributed by atoms with Crippen LogP contribution >= 0.6 is 11.3 Å². The Labute approximate surface area is 211 Å². The van der Waals surface area contributed by atoms with E-state index in [1.54, 1.807) is 11.3 Å². The summed E-state index contributed by atoms with van der Waals surface area (Å²) in [6.07, 6.45) is 5.26. The maximum atomic E-state index is 13.0. The molecule has 35 heavy (non-hydrogen) atoms. The van der Waals surface area contributed by atoms with Crippen molar-refractivity contribution in [2.24, 2.45) is 5.92 Å². The van der Waals surface area contributed by atoms with Crippen LogP contribution < -0.4 is 0 Å². The Hall–Kier alpha value is -2.96. The first-order valence-electron chi connectivity index (χ1n) is 12.6. The number of fused-ring (bicyclic) bond motifs is 1. The number of likely N-dealkylation sites (tertiary alicyclic amines) is 1. The molecule has 0 unspecified atom stereocenters. The topological polar surface area (TPSA) is 52.2 Å². The molecule has 0 bridgehead atoms. The molecule has 4 aromatic rings. The summed E-state index contributed by atoms with van der Waals surface area (Å²) in [5.41, 5.74) is 5.69. The first kappa shape index (κ1) is 23.8. The van der Waals surface area contributed by atoms with Crippen molar-refractivity contribution in [2.45, 2.75) is 46.2 Å². The molecule has 5 nitrogen and oxygen atoms in total. The SMILES string of the molecule is Cc1ccc(CN(CCc2c[nH]c3ccccc23)Cc2nc(C(=O)N3CCC(C)CC3)cs2)cc1. The van der Waals surface area contributed by atoms with E-state index < -0.39 is 0 Å². The van der Waals surface area contributed by atoms with Crippen LogP contribution in [0, 0.1) is 12.8 Å². The molecule has 1 amide bonds. The Bertz CT molecular complexity index is 1270. The first-order valence-corrected chi connectivity index (χ1v) is 13.5. The minimum absolute atomic E-state index is 0.0864. The van der Waals surface area contributed by atoms with Crippen LogP contribution in [-0.2, 0) is 19.5 Å². The van der Waals surface area contributed by atoms with Gasteiger partial charge in [-0.05, 0) is 49.3 Å². The largest absolute Gasteiger partial charge is 0.361 e. The Morgan fingerprint density at radius 2 is 1.89 bits per heavy atom. The van der Waals surface area contributed by atoms with E-state index in [-0.39, 0.29) is 5.91 Å². The lowest BCUT2D eigenvalue weighted by Crippen LogP contribution is -2.38. The van der Waals surface area contributed by atoms with Gasteiger partial charge in [-0.15, -0.1) is 11.3 Å². The molecule has 1 N–H and O–H groups in total. The lowest BCUT2D eigenvalue weighted by molar-refractivity contribution is 0.0691. The zero-order valence-electron chi connectivity index (χ0n) is 20.7. The summed E-state index contributed by atoms with van der Waals surface area (Å²) in [6.45, 7) is 8.59. The standard InChI is InChI=1S/C29H34N4OS/c1-21-7-9-23(10-8-21)18-32(14-13-24-17-30-26-6-4-3-5-25(24)26)19-28-31-27(20-35-28)29(34)33-15-11-22(2)12-16-33/h3-10,17,20,22,30H,11-16,18-19H2,1-2H3. The number of thiazole rings is 1. The van der Waals surface area contributed by atoms with E-state index in [1.165, 1.54) is 27.6 Å². The monoisotopic (exact) mass is 486 g/mol. The van der Waals surface area contributed by atoms with Gasteiger partial charge in [-0.3, -0.25) is 9.69 Å². The van der Waals surface area contributed by atoms with Gasteiger partial charge in [-0.1, -0.05) is 55.0 Å². The van der Waals surface area contributed by atoms with Gasteiger partial charge < -0.3 is 9.88 Å². The van der Waals surface area contributed by atoms with Crippen LogP contribution in [0.5, 0.6) is 0 Å². The van der Waals surface area contributed by atoms with E-state index in [4.69, 9.17) is 4.98 Å². The highest BCUT2D eigenvalue weighted by molar-refractivity contribution is 7.09. The summed E-state index contributed by atoms with van der Waals surface area (Å²) in [7, 11) is 0. The number of nitrogens with zero attached hydrogens (tertiary/aromatic N) is 3. The van der Waals surface area contributed by atoms with E-state index in [0.717, 1.165) is 57.0 Å². The number of aromatic amines is 1. The second-order valence-electron chi connectivity index (χ2n) is 9.91. The van der Waals surface area contributed by atoms with Crippen molar-refractivity contribution in [3.63, 3.8) is 0 Å². The van der Waals surface area contributed by atoms with Crippen molar-refractivity contribution in [2.75, 3.05) is 19.6 Å². The molecule has 1 saturated heterocycles. The van der Waals surface area contributed by atoms with Gasteiger partial charge in [0.15, 0.2) is 0 Å². The number of para-hydroxylation sites is 1. The zero-order valence-corrected chi connectivity index (χ0v) is 21.5. The number of nitrogens with one attached hydrogen (secondary N) is 1. The van der Waals surface area contributed by atoms with Crippen LogP contribution in [0.2, 0.25) is 0 Å². The van der Waals surface area contributed by atoms with Gasteiger partial charge in [-0.2, -0.15) is 0 Å². The number of carbonyl (C=O) groups is 1. The smallest absolute Gasteiger partial charge is 0.273 e. The number of aryl methyl sites for hydroxylation is 1. The molecule has 2 aromatic carbocycles. The fourth-order valence-corrected chi connectivity index (χ4v) is 5.64. The molecule has 0 aliphatic carbocycles. The Kier molecular flexibility index (Phi) is 7.30. The molecule has 0 saturated carbocycles. The Morgan fingerprint density at radius 3 is 2.69 bits per heavy atom. The third-order valence-electron chi connectivity index (χ3n) is 7.10. The highest BCUT2D eigenvalue weighted by atomic mass is 32.1. The third kappa shape index (κ3) is 5.82. The van der Waals surface area contributed by atoms with Crippen molar-refractivity contribution < 1.29 is 4.79 Å². The van der Waals surface area contributed by atoms with Gasteiger partial charge in [0, 0.05) is 48.7 Å². The summed E-state index contributed by atoms with van der Waals surface area (Å²) in [5, 5.41) is 4.24. The molecular formula is C29H34N4OS. The third-order valence-corrected chi connectivity index (χ3v) is 7.93. The number of H-pyrrole nitrogens is 1. The molecule has 0 spiro atoms.